The highest BCUT2D eigenvalue weighted by atomic mass is 19.1. The first-order chi connectivity index (χ1) is 13.5. The molecule has 146 valence electrons. The monoisotopic (exact) mass is 385 g/mol. The molecule has 1 aromatic heterocycles. The predicted octanol–water partition coefficient (Wildman–Crippen LogP) is 3.22. The molecule has 3 aromatic rings. The molecule has 0 amide bonds. The summed E-state index contributed by atoms with van der Waals surface area (Å²) in [6.45, 7) is 0. The van der Waals surface area contributed by atoms with Crippen molar-refractivity contribution < 1.29 is 18.6 Å². The Balaban J connectivity index is 2.06. The summed E-state index contributed by atoms with van der Waals surface area (Å²) in [4.78, 5) is 8.21. The number of anilines is 4. The van der Waals surface area contributed by atoms with Crippen molar-refractivity contribution in [3.63, 3.8) is 0 Å². The van der Waals surface area contributed by atoms with Crippen LogP contribution in [0.5, 0.6) is 17.2 Å². The van der Waals surface area contributed by atoms with E-state index >= 15 is 0 Å². The number of methoxy groups -OCH3 is 3. The predicted molar refractivity (Wildman–Crippen MR) is 106 cm³/mol. The lowest BCUT2D eigenvalue weighted by atomic mass is 10.1. The van der Waals surface area contributed by atoms with Gasteiger partial charge in [0.15, 0.2) is 23.1 Å². The Morgan fingerprint density at radius 1 is 0.929 bits per heavy atom. The quantitative estimate of drug-likeness (QED) is 0.554. The second-order valence-electron chi connectivity index (χ2n) is 5.72. The lowest BCUT2D eigenvalue weighted by Gasteiger charge is -2.15. The summed E-state index contributed by atoms with van der Waals surface area (Å²) in [6.07, 6.45) is 0. The summed E-state index contributed by atoms with van der Waals surface area (Å²) in [6, 6.07) is 10.1. The molecular formula is C19H20FN5O3. The molecule has 0 fully saturated rings. The fraction of sp³-hybridized carbons (Fsp3) is 0.158. The van der Waals surface area contributed by atoms with E-state index in [2.05, 4.69) is 15.3 Å². The topological polar surface area (TPSA) is 118 Å². The number of hydrogen-bond acceptors (Lipinski definition) is 8. The Hall–Kier alpha value is -3.75. The lowest BCUT2D eigenvalue weighted by Crippen LogP contribution is -2.07. The van der Waals surface area contributed by atoms with E-state index < -0.39 is 5.82 Å². The molecule has 0 bridgehead atoms. The first kappa shape index (κ1) is 19.0. The molecule has 0 saturated heterocycles. The lowest BCUT2D eigenvalue weighted by molar-refractivity contribution is 0.324. The molecule has 0 radical (unpaired) electrons. The second kappa shape index (κ2) is 7.87. The van der Waals surface area contributed by atoms with Gasteiger partial charge in [-0.15, -0.1) is 0 Å². The average molecular weight is 385 g/mol. The van der Waals surface area contributed by atoms with Crippen LogP contribution in [0.1, 0.15) is 0 Å². The van der Waals surface area contributed by atoms with Gasteiger partial charge in [0.1, 0.15) is 5.69 Å². The smallest absolute Gasteiger partial charge is 0.229 e. The molecule has 3 rings (SSSR count). The van der Waals surface area contributed by atoms with E-state index in [0.29, 0.717) is 34.2 Å². The van der Waals surface area contributed by atoms with E-state index in [1.165, 1.54) is 21.3 Å². The van der Waals surface area contributed by atoms with Gasteiger partial charge in [0.2, 0.25) is 11.7 Å². The number of hydrogen-bond donors (Lipinski definition) is 3. The van der Waals surface area contributed by atoms with E-state index in [4.69, 9.17) is 25.7 Å². The highest BCUT2D eigenvalue weighted by Gasteiger charge is 2.18. The third-order valence-electron chi connectivity index (χ3n) is 4.01. The molecule has 0 saturated carbocycles. The third kappa shape index (κ3) is 3.54. The fourth-order valence-electron chi connectivity index (χ4n) is 2.69. The van der Waals surface area contributed by atoms with Crippen LogP contribution in [0.4, 0.5) is 27.5 Å². The van der Waals surface area contributed by atoms with Gasteiger partial charge >= 0.3 is 0 Å². The molecule has 2 aromatic carbocycles. The van der Waals surface area contributed by atoms with Crippen molar-refractivity contribution in [2.24, 2.45) is 0 Å². The van der Waals surface area contributed by atoms with E-state index in [1.807, 2.05) is 0 Å². The van der Waals surface area contributed by atoms with E-state index in [0.717, 1.165) is 0 Å². The zero-order valence-electron chi connectivity index (χ0n) is 15.6. The third-order valence-corrected chi connectivity index (χ3v) is 4.01. The molecule has 1 heterocycles. The number of nitrogen functional groups attached to an aromatic ring is 2. The van der Waals surface area contributed by atoms with Crippen LogP contribution >= 0.6 is 0 Å². The molecule has 0 spiro atoms. The molecule has 0 unspecified atom stereocenters. The number of nitrogens with one attached hydrogen (secondary N) is 1. The van der Waals surface area contributed by atoms with Gasteiger partial charge in [0.05, 0.1) is 21.3 Å². The van der Waals surface area contributed by atoms with Crippen molar-refractivity contribution in [1.82, 2.24) is 9.97 Å². The first-order valence-corrected chi connectivity index (χ1v) is 8.23. The summed E-state index contributed by atoms with van der Waals surface area (Å²) in [5.74, 6) is 0.356. The van der Waals surface area contributed by atoms with Gasteiger partial charge in [-0.25, -0.2) is 9.37 Å². The van der Waals surface area contributed by atoms with E-state index in [9.17, 15) is 4.39 Å². The number of halogens is 1. The normalized spacial score (nSPS) is 10.4. The molecule has 0 aliphatic rings. The Labute approximate surface area is 161 Å². The van der Waals surface area contributed by atoms with Crippen LogP contribution in [0.2, 0.25) is 0 Å². The van der Waals surface area contributed by atoms with Crippen LogP contribution in [-0.2, 0) is 0 Å². The van der Waals surface area contributed by atoms with Gasteiger partial charge < -0.3 is 31.0 Å². The number of ether oxygens (including phenoxy) is 3. The number of rotatable bonds is 6. The number of benzene rings is 2. The fourth-order valence-corrected chi connectivity index (χ4v) is 2.69. The van der Waals surface area contributed by atoms with Crippen molar-refractivity contribution in [3.05, 3.63) is 42.2 Å². The van der Waals surface area contributed by atoms with Crippen LogP contribution in [0.15, 0.2) is 36.4 Å². The van der Waals surface area contributed by atoms with Gasteiger partial charge in [-0.2, -0.15) is 4.98 Å². The summed E-state index contributed by atoms with van der Waals surface area (Å²) < 4.78 is 30.5. The number of nitrogens with zero attached hydrogens (tertiary/aromatic N) is 2. The van der Waals surface area contributed by atoms with Gasteiger partial charge in [-0.3, -0.25) is 0 Å². The summed E-state index contributed by atoms with van der Waals surface area (Å²) in [7, 11) is 4.52. The summed E-state index contributed by atoms with van der Waals surface area (Å²) >= 11 is 0. The Bertz CT molecular complexity index is 988. The Morgan fingerprint density at radius 2 is 1.57 bits per heavy atom. The van der Waals surface area contributed by atoms with Crippen LogP contribution in [0.25, 0.3) is 11.3 Å². The highest BCUT2D eigenvalue weighted by molar-refractivity contribution is 5.76. The molecule has 8 nitrogen and oxygen atoms in total. The number of aromatic nitrogens is 2. The van der Waals surface area contributed by atoms with Crippen molar-refractivity contribution in [1.29, 1.82) is 0 Å². The SMILES string of the molecule is COc1cc(Nc2nc(N)c(F)c(-c3ccccc3N)n2)cc(OC)c1OC. The minimum atomic E-state index is -0.742. The maximum Gasteiger partial charge on any atom is 0.229 e. The van der Waals surface area contributed by atoms with Gasteiger partial charge in [-0.1, -0.05) is 18.2 Å². The zero-order chi connectivity index (χ0) is 20.3. The summed E-state index contributed by atoms with van der Waals surface area (Å²) in [5.41, 5.74) is 13.0. The molecule has 28 heavy (non-hydrogen) atoms. The first-order valence-electron chi connectivity index (χ1n) is 8.23. The standard InChI is InChI=1S/C19H20FN5O3/c1-26-13-8-10(9-14(27-2)17(13)28-3)23-19-24-16(15(20)18(22)25-19)11-6-4-5-7-12(11)21/h4-9H,21H2,1-3H3,(H3,22,23,24,25). The minimum Gasteiger partial charge on any atom is -0.493 e. The largest absolute Gasteiger partial charge is 0.493 e. The molecule has 0 atom stereocenters. The van der Waals surface area contributed by atoms with Crippen LogP contribution in [0.3, 0.4) is 0 Å². The maximum absolute atomic E-state index is 14.5. The van der Waals surface area contributed by atoms with Crippen molar-refractivity contribution in [2.45, 2.75) is 0 Å². The number of nitrogens with two attached hydrogens (primary N) is 2. The van der Waals surface area contributed by atoms with Crippen molar-refractivity contribution >= 4 is 23.1 Å². The van der Waals surface area contributed by atoms with Gasteiger partial charge in [0.25, 0.3) is 0 Å². The molecule has 0 aliphatic heterocycles. The van der Waals surface area contributed by atoms with Crippen molar-refractivity contribution in [2.75, 3.05) is 38.1 Å². The molecule has 0 aliphatic carbocycles. The summed E-state index contributed by atoms with van der Waals surface area (Å²) in [5, 5.41) is 2.98. The Kier molecular flexibility index (Phi) is 5.35. The van der Waals surface area contributed by atoms with E-state index in [-0.39, 0.29) is 17.5 Å². The van der Waals surface area contributed by atoms with Crippen LogP contribution in [0, 0.1) is 5.82 Å². The molecular weight excluding hydrogens is 365 g/mol. The highest BCUT2D eigenvalue weighted by Crippen LogP contribution is 2.40. The van der Waals surface area contributed by atoms with Crippen LogP contribution < -0.4 is 31.0 Å². The van der Waals surface area contributed by atoms with Gasteiger partial charge in [0, 0.05) is 29.1 Å². The Morgan fingerprint density at radius 3 is 2.14 bits per heavy atom. The minimum absolute atomic E-state index is 0.000502. The average Bonchev–Trinajstić information content (AvgIpc) is 2.70. The van der Waals surface area contributed by atoms with Crippen LogP contribution in [-0.4, -0.2) is 31.3 Å². The van der Waals surface area contributed by atoms with Gasteiger partial charge in [-0.05, 0) is 6.07 Å². The second-order valence-corrected chi connectivity index (χ2v) is 5.72. The zero-order valence-corrected chi connectivity index (χ0v) is 15.6. The maximum atomic E-state index is 14.5. The molecule has 5 N–H and O–H groups in total. The van der Waals surface area contributed by atoms with Crippen molar-refractivity contribution in [3.8, 4) is 28.5 Å². The molecule has 9 heteroatoms. The van der Waals surface area contributed by atoms with E-state index in [1.54, 1.807) is 36.4 Å². The number of para-hydroxylation sites is 1.